The van der Waals surface area contributed by atoms with Crippen LogP contribution in [0, 0.1) is 12.8 Å². The van der Waals surface area contributed by atoms with Gasteiger partial charge in [0.05, 0.1) is 5.56 Å². The quantitative estimate of drug-likeness (QED) is 0.803. The van der Waals surface area contributed by atoms with Crippen molar-refractivity contribution in [2.24, 2.45) is 5.92 Å². The Kier molecular flexibility index (Phi) is 4.86. The fourth-order valence-electron chi connectivity index (χ4n) is 3.74. The van der Waals surface area contributed by atoms with Crippen molar-refractivity contribution in [3.63, 3.8) is 0 Å². The highest BCUT2D eigenvalue weighted by Gasteiger charge is 2.30. The molecule has 144 valence electrons. The van der Waals surface area contributed by atoms with Crippen molar-refractivity contribution >= 4 is 23.3 Å². The monoisotopic (exact) mass is 376 g/mol. The standard InChI is InChI=1S/C22H24N4O2/c1-14-8-13-18-20(23-14)26(2)19(25-22(18)28)15-9-11-17(12-10-15)24-21(27)16-6-4-3-5-7-16/h3-4,8-13,16,19H,5-7H2,1-2H3,(H,24,27)(H,25,28)/t16-,19+/m1/s1. The lowest BCUT2D eigenvalue weighted by atomic mass is 9.93. The molecule has 2 N–H and O–H groups in total. The van der Waals surface area contributed by atoms with Gasteiger partial charge in [0, 0.05) is 24.3 Å². The summed E-state index contributed by atoms with van der Waals surface area (Å²) in [6, 6.07) is 11.3. The first kappa shape index (κ1) is 18.2. The van der Waals surface area contributed by atoms with Crippen LogP contribution in [-0.4, -0.2) is 23.8 Å². The Morgan fingerprint density at radius 1 is 1.18 bits per heavy atom. The number of nitrogens with zero attached hydrogens (tertiary/aromatic N) is 2. The Hall–Kier alpha value is -3.15. The average Bonchev–Trinajstić information content (AvgIpc) is 2.72. The average molecular weight is 376 g/mol. The number of hydrogen-bond acceptors (Lipinski definition) is 4. The Morgan fingerprint density at radius 2 is 1.96 bits per heavy atom. The molecule has 0 saturated heterocycles. The van der Waals surface area contributed by atoms with Gasteiger partial charge >= 0.3 is 0 Å². The maximum Gasteiger partial charge on any atom is 0.256 e. The van der Waals surface area contributed by atoms with Crippen molar-refractivity contribution in [2.45, 2.75) is 32.4 Å². The third-order valence-electron chi connectivity index (χ3n) is 5.38. The molecule has 0 unspecified atom stereocenters. The van der Waals surface area contributed by atoms with Gasteiger partial charge in [-0.15, -0.1) is 0 Å². The number of hydrogen-bond donors (Lipinski definition) is 2. The third-order valence-corrected chi connectivity index (χ3v) is 5.38. The van der Waals surface area contributed by atoms with Gasteiger partial charge in [-0.1, -0.05) is 24.3 Å². The zero-order valence-corrected chi connectivity index (χ0v) is 16.1. The lowest BCUT2D eigenvalue weighted by molar-refractivity contribution is -0.120. The van der Waals surface area contributed by atoms with Gasteiger partial charge in [-0.2, -0.15) is 0 Å². The van der Waals surface area contributed by atoms with E-state index in [1.165, 1.54) is 0 Å². The van der Waals surface area contributed by atoms with Crippen LogP contribution in [0.3, 0.4) is 0 Å². The molecule has 1 aromatic heterocycles. The minimum absolute atomic E-state index is 0.0410. The summed E-state index contributed by atoms with van der Waals surface area (Å²) in [7, 11) is 1.92. The summed E-state index contributed by atoms with van der Waals surface area (Å²) in [5.41, 5.74) is 3.15. The molecular formula is C22H24N4O2. The SMILES string of the molecule is Cc1ccc2c(n1)N(C)[C@@H](c1ccc(NC(=O)[C@@H]3CC=CCC3)cc1)NC2=O. The van der Waals surface area contributed by atoms with E-state index in [0.717, 1.165) is 36.2 Å². The number of rotatable bonds is 3. The van der Waals surface area contributed by atoms with Crippen molar-refractivity contribution in [3.8, 4) is 0 Å². The molecule has 0 spiro atoms. The normalized spacial score (nSPS) is 21.1. The van der Waals surface area contributed by atoms with Crippen LogP contribution in [0.4, 0.5) is 11.5 Å². The summed E-state index contributed by atoms with van der Waals surface area (Å²) in [6.45, 7) is 1.91. The lowest BCUT2D eigenvalue weighted by Gasteiger charge is -2.35. The molecule has 4 rings (SSSR count). The molecule has 0 saturated carbocycles. The summed E-state index contributed by atoms with van der Waals surface area (Å²) in [5.74, 6) is 0.651. The number of allylic oxidation sites excluding steroid dienone is 2. The molecule has 0 radical (unpaired) electrons. The highest BCUT2D eigenvalue weighted by Crippen LogP contribution is 2.31. The topological polar surface area (TPSA) is 74.3 Å². The molecule has 1 aliphatic carbocycles. The van der Waals surface area contributed by atoms with Gasteiger partial charge in [-0.05, 0) is 56.0 Å². The number of benzene rings is 1. The summed E-state index contributed by atoms with van der Waals surface area (Å²) in [5, 5.41) is 6.02. The smallest absolute Gasteiger partial charge is 0.256 e. The maximum absolute atomic E-state index is 12.5. The highest BCUT2D eigenvalue weighted by atomic mass is 16.2. The van der Waals surface area contributed by atoms with E-state index >= 15 is 0 Å². The number of carbonyl (C=O) groups is 2. The summed E-state index contributed by atoms with van der Waals surface area (Å²) < 4.78 is 0. The molecule has 2 heterocycles. The second kappa shape index (κ2) is 7.46. The zero-order chi connectivity index (χ0) is 19.7. The van der Waals surface area contributed by atoms with Crippen molar-refractivity contribution in [1.82, 2.24) is 10.3 Å². The fourth-order valence-corrected chi connectivity index (χ4v) is 3.74. The maximum atomic E-state index is 12.5. The molecule has 28 heavy (non-hydrogen) atoms. The largest absolute Gasteiger partial charge is 0.335 e. The minimum Gasteiger partial charge on any atom is -0.335 e. The van der Waals surface area contributed by atoms with Crippen LogP contribution in [0.5, 0.6) is 0 Å². The Balaban J connectivity index is 1.50. The first-order chi connectivity index (χ1) is 13.5. The van der Waals surface area contributed by atoms with Gasteiger partial charge in [0.2, 0.25) is 5.91 Å². The van der Waals surface area contributed by atoms with Crippen LogP contribution in [0.15, 0.2) is 48.6 Å². The molecule has 0 bridgehead atoms. The predicted octanol–water partition coefficient (Wildman–Crippen LogP) is 3.56. The molecule has 2 amide bonds. The Morgan fingerprint density at radius 3 is 2.68 bits per heavy atom. The molecule has 1 aromatic carbocycles. The minimum atomic E-state index is -0.303. The van der Waals surface area contributed by atoms with Gasteiger partial charge in [-0.25, -0.2) is 4.98 Å². The summed E-state index contributed by atoms with van der Waals surface area (Å²) in [4.78, 5) is 31.4. The van der Waals surface area contributed by atoms with Gasteiger partial charge < -0.3 is 15.5 Å². The number of aromatic nitrogens is 1. The van der Waals surface area contributed by atoms with E-state index in [1.807, 2.05) is 49.2 Å². The van der Waals surface area contributed by atoms with Crippen LogP contribution in [-0.2, 0) is 4.79 Å². The lowest BCUT2D eigenvalue weighted by Crippen LogP contribution is -2.45. The second-order valence-corrected chi connectivity index (χ2v) is 7.40. The van der Waals surface area contributed by atoms with Gasteiger partial charge in [0.1, 0.15) is 12.0 Å². The molecule has 2 aromatic rings. The molecule has 6 nitrogen and oxygen atoms in total. The van der Waals surface area contributed by atoms with E-state index in [2.05, 4.69) is 27.8 Å². The molecule has 0 fully saturated rings. The van der Waals surface area contributed by atoms with Crippen molar-refractivity contribution < 1.29 is 9.59 Å². The van der Waals surface area contributed by atoms with E-state index in [4.69, 9.17) is 0 Å². The number of fused-ring (bicyclic) bond motifs is 1. The molecule has 6 heteroatoms. The van der Waals surface area contributed by atoms with Crippen molar-refractivity contribution in [2.75, 3.05) is 17.3 Å². The van der Waals surface area contributed by atoms with E-state index < -0.39 is 0 Å². The summed E-state index contributed by atoms with van der Waals surface area (Å²) >= 11 is 0. The van der Waals surface area contributed by atoms with E-state index in [1.54, 1.807) is 6.07 Å². The van der Waals surface area contributed by atoms with Crippen molar-refractivity contribution in [1.29, 1.82) is 0 Å². The number of carbonyl (C=O) groups excluding carboxylic acids is 2. The number of amides is 2. The van der Waals surface area contributed by atoms with Gasteiger partial charge in [-0.3, -0.25) is 9.59 Å². The van der Waals surface area contributed by atoms with Gasteiger partial charge in [0.25, 0.3) is 5.91 Å². The second-order valence-electron chi connectivity index (χ2n) is 7.40. The third kappa shape index (κ3) is 3.50. The highest BCUT2D eigenvalue weighted by molar-refractivity contribution is 6.01. The first-order valence-electron chi connectivity index (χ1n) is 9.60. The Bertz CT molecular complexity index is 936. The number of pyridine rings is 1. The number of anilines is 2. The molecule has 2 aliphatic rings. The van der Waals surface area contributed by atoms with Crippen LogP contribution in [0.1, 0.15) is 47.0 Å². The summed E-state index contributed by atoms with van der Waals surface area (Å²) in [6.07, 6.45) is 6.55. The van der Waals surface area contributed by atoms with Crippen LogP contribution >= 0.6 is 0 Å². The van der Waals surface area contributed by atoms with Crippen LogP contribution in [0.25, 0.3) is 0 Å². The van der Waals surface area contributed by atoms with E-state index in [0.29, 0.717) is 11.4 Å². The molecule has 1 aliphatic heterocycles. The van der Waals surface area contributed by atoms with E-state index in [-0.39, 0.29) is 23.9 Å². The predicted molar refractivity (Wildman–Crippen MR) is 109 cm³/mol. The molecular weight excluding hydrogens is 352 g/mol. The Labute approximate surface area is 164 Å². The van der Waals surface area contributed by atoms with Crippen LogP contribution in [0.2, 0.25) is 0 Å². The number of nitrogens with one attached hydrogen (secondary N) is 2. The number of aryl methyl sites for hydroxylation is 1. The fraction of sp³-hybridized carbons (Fsp3) is 0.318. The van der Waals surface area contributed by atoms with Crippen LogP contribution < -0.4 is 15.5 Å². The van der Waals surface area contributed by atoms with Gasteiger partial charge in [0.15, 0.2) is 0 Å². The zero-order valence-electron chi connectivity index (χ0n) is 16.1. The molecule has 2 atom stereocenters. The van der Waals surface area contributed by atoms with E-state index in [9.17, 15) is 9.59 Å². The first-order valence-corrected chi connectivity index (χ1v) is 9.60. The van der Waals surface area contributed by atoms with Crippen molar-refractivity contribution in [3.05, 3.63) is 65.4 Å².